The van der Waals surface area contributed by atoms with E-state index in [1.807, 2.05) is 0 Å². The van der Waals surface area contributed by atoms with Crippen molar-refractivity contribution in [2.45, 2.75) is 43.3 Å². The minimum atomic E-state index is -4.79. The van der Waals surface area contributed by atoms with Crippen molar-refractivity contribution in [2.75, 3.05) is 30.4 Å². The van der Waals surface area contributed by atoms with Crippen molar-refractivity contribution in [3.05, 3.63) is 41.2 Å². The van der Waals surface area contributed by atoms with Gasteiger partial charge in [-0.05, 0) is 38.6 Å². The Kier molecular flexibility index (Phi) is 7.12. The van der Waals surface area contributed by atoms with Gasteiger partial charge in [0.15, 0.2) is 14.9 Å². The molecule has 1 saturated heterocycles. The van der Waals surface area contributed by atoms with Crippen molar-refractivity contribution < 1.29 is 31.0 Å². The number of carbonyl (C=O) groups is 1. The molecule has 0 saturated carbocycles. The van der Waals surface area contributed by atoms with Crippen LogP contribution in [0.15, 0.2) is 29.4 Å². The number of amides is 1. The van der Waals surface area contributed by atoms with Gasteiger partial charge in [-0.3, -0.25) is 4.79 Å². The molecule has 186 valence electrons. The Hall–Kier alpha value is -2.87. The summed E-state index contributed by atoms with van der Waals surface area (Å²) in [5, 5.41) is 2.21. The van der Waals surface area contributed by atoms with Crippen LogP contribution >= 0.6 is 0 Å². The lowest BCUT2D eigenvalue weighted by atomic mass is 10.1. The second kappa shape index (κ2) is 9.41. The molecule has 1 fully saturated rings. The first-order valence-electron chi connectivity index (χ1n) is 10.2. The Morgan fingerprint density at radius 3 is 2.59 bits per heavy atom. The van der Waals surface area contributed by atoms with Crippen LogP contribution in [0.1, 0.15) is 40.9 Å². The zero-order valence-electron chi connectivity index (χ0n) is 18.3. The first-order valence-corrected chi connectivity index (χ1v) is 11.8. The molecular formula is C20H23F5N6O2S. The number of hydrogen-bond acceptors (Lipinski definition) is 6. The predicted octanol–water partition coefficient (Wildman–Crippen LogP) is 4.22. The van der Waals surface area contributed by atoms with Gasteiger partial charge >= 0.3 is 6.18 Å². The van der Waals surface area contributed by atoms with Crippen LogP contribution in [0.3, 0.4) is 0 Å². The van der Waals surface area contributed by atoms with Crippen LogP contribution in [0.4, 0.5) is 33.5 Å². The molecule has 3 heterocycles. The summed E-state index contributed by atoms with van der Waals surface area (Å²) >= 11 is 0. The standard InChI is InChI=1S/C20H23F5N6O2S/c1-12-15(20(23,24)25)11-14(17(29-12)31-8-3-5-19(21,22)6-9-31)18(32)30-13-4-7-28-16(10-13)34(26,33)27-2/h4,7,10-11H,3,5-6,8-9H2,1-2H3,(H2,26,27,33)(H,28,30,32). The van der Waals surface area contributed by atoms with E-state index >= 15 is 0 Å². The maximum Gasteiger partial charge on any atom is 0.418 e. The average Bonchev–Trinajstić information content (AvgIpc) is 2.93. The summed E-state index contributed by atoms with van der Waals surface area (Å²) < 4.78 is 90.5. The molecule has 0 aromatic carbocycles. The normalized spacial score (nSPS) is 18.1. The largest absolute Gasteiger partial charge is 0.418 e. The van der Waals surface area contributed by atoms with Crippen LogP contribution in [0, 0.1) is 11.7 Å². The number of rotatable bonds is 5. The highest BCUT2D eigenvalue weighted by Crippen LogP contribution is 2.36. The summed E-state index contributed by atoms with van der Waals surface area (Å²) in [5.74, 6) is -4.01. The molecule has 1 aliphatic rings. The summed E-state index contributed by atoms with van der Waals surface area (Å²) in [7, 11) is -2.16. The van der Waals surface area contributed by atoms with E-state index in [-0.39, 0.29) is 48.2 Å². The number of aryl methyl sites for hydroxylation is 1. The van der Waals surface area contributed by atoms with Gasteiger partial charge in [0.05, 0.1) is 16.8 Å². The van der Waals surface area contributed by atoms with E-state index in [1.54, 1.807) is 0 Å². The Morgan fingerprint density at radius 2 is 1.94 bits per heavy atom. The predicted molar refractivity (Wildman–Crippen MR) is 115 cm³/mol. The Morgan fingerprint density at radius 1 is 1.24 bits per heavy atom. The molecule has 2 aromatic heterocycles. The maximum absolute atomic E-state index is 13.8. The SMILES string of the molecule is CNS(=N)(=O)c1cc(NC(=O)c2cc(C(F)(F)F)c(C)nc2N2CCCC(F)(F)CC2)ccn1. The topological polar surface area (TPSA) is 111 Å². The summed E-state index contributed by atoms with van der Waals surface area (Å²) in [6.45, 7) is 1.04. The highest BCUT2D eigenvalue weighted by Gasteiger charge is 2.37. The van der Waals surface area contributed by atoms with E-state index < -0.39 is 45.5 Å². The number of halogens is 5. The molecule has 2 aromatic rings. The van der Waals surface area contributed by atoms with Gasteiger partial charge in [0.25, 0.3) is 5.91 Å². The van der Waals surface area contributed by atoms with Crippen LogP contribution in [0.25, 0.3) is 0 Å². The first kappa shape index (κ1) is 25.7. The van der Waals surface area contributed by atoms with Gasteiger partial charge < -0.3 is 10.2 Å². The summed E-state index contributed by atoms with van der Waals surface area (Å²) in [6, 6.07) is 3.12. The number of pyridine rings is 2. The zero-order chi connectivity index (χ0) is 25.3. The van der Waals surface area contributed by atoms with E-state index in [0.29, 0.717) is 6.07 Å². The highest BCUT2D eigenvalue weighted by atomic mass is 32.2. The fourth-order valence-corrected chi connectivity index (χ4v) is 4.22. The summed E-state index contributed by atoms with van der Waals surface area (Å²) in [6.07, 6.45) is -4.42. The number of alkyl halides is 5. The number of anilines is 2. The fourth-order valence-electron chi connectivity index (χ4n) is 3.51. The molecule has 0 spiro atoms. The second-order valence-electron chi connectivity index (χ2n) is 7.78. The minimum absolute atomic E-state index is 0.0349. The second-order valence-corrected chi connectivity index (χ2v) is 9.72. The van der Waals surface area contributed by atoms with Crippen molar-refractivity contribution >= 4 is 27.3 Å². The van der Waals surface area contributed by atoms with E-state index in [0.717, 1.165) is 13.0 Å². The maximum atomic E-state index is 13.8. The van der Waals surface area contributed by atoms with Crippen molar-refractivity contribution in [1.29, 1.82) is 4.78 Å². The van der Waals surface area contributed by atoms with Crippen LogP contribution in [-0.4, -0.2) is 46.1 Å². The lowest BCUT2D eigenvalue weighted by Crippen LogP contribution is -2.30. The zero-order valence-corrected chi connectivity index (χ0v) is 19.1. The van der Waals surface area contributed by atoms with Gasteiger partial charge in [0, 0.05) is 37.8 Å². The number of nitrogens with zero attached hydrogens (tertiary/aromatic N) is 3. The molecule has 0 aliphatic carbocycles. The fraction of sp³-hybridized carbons (Fsp3) is 0.450. The summed E-state index contributed by atoms with van der Waals surface area (Å²) in [5.41, 5.74) is -1.92. The third-order valence-corrected chi connectivity index (χ3v) is 6.72. The number of nitrogens with one attached hydrogen (secondary N) is 3. The van der Waals surface area contributed by atoms with Gasteiger partial charge in [-0.2, -0.15) is 13.2 Å². The van der Waals surface area contributed by atoms with Gasteiger partial charge in [-0.25, -0.2) is 32.5 Å². The molecule has 0 radical (unpaired) electrons. The molecule has 1 amide bonds. The Labute approximate surface area is 193 Å². The molecule has 3 N–H and O–H groups in total. The number of aromatic nitrogens is 2. The van der Waals surface area contributed by atoms with Gasteiger partial charge in [-0.15, -0.1) is 0 Å². The van der Waals surface area contributed by atoms with Crippen molar-refractivity contribution in [3.63, 3.8) is 0 Å². The molecule has 1 atom stereocenters. The van der Waals surface area contributed by atoms with E-state index in [1.165, 1.54) is 24.2 Å². The van der Waals surface area contributed by atoms with E-state index in [4.69, 9.17) is 4.78 Å². The van der Waals surface area contributed by atoms with E-state index in [9.17, 15) is 31.0 Å². The third kappa shape index (κ3) is 5.78. The molecule has 8 nitrogen and oxygen atoms in total. The molecule has 1 unspecified atom stereocenters. The highest BCUT2D eigenvalue weighted by molar-refractivity contribution is 7.90. The van der Waals surface area contributed by atoms with Crippen LogP contribution in [0.2, 0.25) is 0 Å². The molecule has 0 bridgehead atoms. The van der Waals surface area contributed by atoms with Crippen LogP contribution in [0.5, 0.6) is 0 Å². The van der Waals surface area contributed by atoms with Gasteiger partial charge in [-0.1, -0.05) is 0 Å². The van der Waals surface area contributed by atoms with Crippen molar-refractivity contribution in [3.8, 4) is 0 Å². The molecular weight excluding hydrogens is 483 g/mol. The smallest absolute Gasteiger partial charge is 0.356 e. The van der Waals surface area contributed by atoms with Gasteiger partial charge in [0.1, 0.15) is 5.82 Å². The Bertz CT molecular complexity index is 1190. The molecule has 3 rings (SSSR count). The lowest BCUT2D eigenvalue weighted by molar-refractivity contribution is -0.138. The molecule has 1 aliphatic heterocycles. The van der Waals surface area contributed by atoms with E-state index in [2.05, 4.69) is 20.0 Å². The summed E-state index contributed by atoms with van der Waals surface area (Å²) in [4.78, 5) is 22.3. The van der Waals surface area contributed by atoms with Crippen molar-refractivity contribution in [1.82, 2.24) is 14.7 Å². The van der Waals surface area contributed by atoms with Crippen LogP contribution < -0.4 is 14.9 Å². The lowest BCUT2D eigenvalue weighted by Gasteiger charge is -2.25. The Balaban J connectivity index is 2.03. The third-order valence-electron chi connectivity index (χ3n) is 5.34. The monoisotopic (exact) mass is 506 g/mol. The molecule has 14 heteroatoms. The quantitative estimate of drug-likeness (QED) is 0.526. The first-order chi connectivity index (χ1) is 15.7. The average molecular weight is 507 g/mol. The van der Waals surface area contributed by atoms with Crippen LogP contribution in [-0.2, 0) is 16.1 Å². The van der Waals surface area contributed by atoms with Gasteiger partial charge in [0.2, 0.25) is 5.92 Å². The molecule has 34 heavy (non-hydrogen) atoms. The minimum Gasteiger partial charge on any atom is -0.356 e. The number of hydrogen-bond donors (Lipinski definition) is 3. The number of carbonyl (C=O) groups excluding carboxylic acids is 1. The van der Waals surface area contributed by atoms with Crippen molar-refractivity contribution in [2.24, 2.45) is 0 Å².